The van der Waals surface area contributed by atoms with Gasteiger partial charge in [0, 0.05) is 23.5 Å². The van der Waals surface area contributed by atoms with Gasteiger partial charge >= 0.3 is 0 Å². The molecule has 0 unspecified atom stereocenters. The monoisotopic (exact) mass is 222 g/mol. The summed E-state index contributed by atoms with van der Waals surface area (Å²) in [6.07, 6.45) is 4.52. The van der Waals surface area contributed by atoms with E-state index in [-0.39, 0.29) is 0 Å². The van der Waals surface area contributed by atoms with Crippen LogP contribution in [0.4, 0.5) is 0 Å². The zero-order chi connectivity index (χ0) is 10.5. The van der Waals surface area contributed by atoms with Crippen molar-refractivity contribution in [1.29, 1.82) is 0 Å². The van der Waals surface area contributed by atoms with Crippen molar-refractivity contribution in [1.82, 2.24) is 10.3 Å². The first-order chi connectivity index (χ1) is 7.36. The Kier molecular flexibility index (Phi) is 3.53. The quantitative estimate of drug-likeness (QED) is 0.789. The van der Waals surface area contributed by atoms with Crippen molar-refractivity contribution in [3.63, 3.8) is 0 Å². The molecule has 2 aromatic rings. The average molecular weight is 222 g/mol. The Balaban J connectivity index is 1.70. The van der Waals surface area contributed by atoms with Crippen LogP contribution in [0.3, 0.4) is 0 Å². The summed E-state index contributed by atoms with van der Waals surface area (Å²) in [5.41, 5.74) is 4.25. The van der Waals surface area contributed by atoms with Crippen LogP contribution in [0, 0.1) is 6.92 Å². The van der Waals surface area contributed by atoms with E-state index in [9.17, 15) is 0 Å². The standard InChI is InChI=1S/C11H14N2OS/c1-9-11(15-8-13-9)2-4-12-6-10-3-5-14-7-10/h3,5,7-8,12H,2,4,6H2,1H3. The molecule has 80 valence electrons. The van der Waals surface area contributed by atoms with E-state index in [1.165, 1.54) is 10.4 Å². The molecule has 4 heteroatoms. The largest absolute Gasteiger partial charge is 0.472 e. The first-order valence-electron chi connectivity index (χ1n) is 4.97. The summed E-state index contributed by atoms with van der Waals surface area (Å²) in [4.78, 5) is 5.59. The zero-order valence-electron chi connectivity index (χ0n) is 8.69. The molecule has 2 rings (SSSR count). The van der Waals surface area contributed by atoms with E-state index in [0.717, 1.165) is 25.2 Å². The van der Waals surface area contributed by atoms with E-state index in [2.05, 4.69) is 17.2 Å². The third kappa shape index (κ3) is 2.91. The van der Waals surface area contributed by atoms with Crippen LogP contribution >= 0.6 is 11.3 Å². The lowest BCUT2D eigenvalue weighted by atomic mass is 10.3. The summed E-state index contributed by atoms with van der Waals surface area (Å²) >= 11 is 1.73. The Labute approximate surface area is 93.2 Å². The molecular weight excluding hydrogens is 208 g/mol. The summed E-state index contributed by atoms with van der Waals surface area (Å²) in [5, 5.41) is 3.37. The molecular formula is C11H14N2OS. The smallest absolute Gasteiger partial charge is 0.0947 e. The van der Waals surface area contributed by atoms with E-state index in [1.807, 2.05) is 11.6 Å². The summed E-state index contributed by atoms with van der Waals surface area (Å²) in [5.74, 6) is 0. The molecule has 0 radical (unpaired) electrons. The molecule has 0 aliphatic rings. The molecule has 0 saturated carbocycles. The summed E-state index contributed by atoms with van der Waals surface area (Å²) in [6, 6.07) is 1.98. The molecule has 0 spiro atoms. The van der Waals surface area contributed by atoms with Crippen LogP contribution in [-0.2, 0) is 13.0 Å². The van der Waals surface area contributed by atoms with Crippen molar-refractivity contribution in [3.8, 4) is 0 Å². The predicted octanol–water partition coefficient (Wildman–Crippen LogP) is 2.38. The van der Waals surface area contributed by atoms with E-state index >= 15 is 0 Å². The number of hydrogen-bond donors (Lipinski definition) is 1. The molecule has 0 bridgehead atoms. The Morgan fingerprint density at radius 2 is 2.47 bits per heavy atom. The average Bonchev–Trinajstić information content (AvgIpc) is 2.85. The molecule has 0 fully saturated rings. The van der Waals surface area contributed by atoms with Gasteiger partial charge in [0.2, 0.25) is 0 Å². The number of thiazole rings is 1. The van der Waals surface area contributed by atoms with Gasteiger partial charge in [0.25, 0.3) is 0 Å². The number of aromatic nitrogens is 1. The van der Waals surface area contributed by atoms with E-state index in [4.69, 9.17) is 4.42 Å². The topological polar surface area (TPSA) is 38.1 Å². The van der Waals surface area contributed by atoms with Crippen LogP contribution in [0.5, 0.6) is 0 Å². The van der Waals surface area contributed by atoms with Crippen LogP contribution in [-0.4, -0.2) is 11.5 Å². The minimum absolute atomic E-state index is 0.869. The van der Waals surface area contributed by atoms with Gasteiger partial charge in [-0.2, -0.15) is 0 Å². The molecule has 0 aliphatic heterocycles. The fourth-order valence-electron chi connectivity index (χ4n) is 1.39. The normalized spacial score (nSPS) is 10.7. The van der Waals surface area contributed by atoms with Crippen LogP contribution < -0.4 is 5.32 Å². The summed E-state index contributed by atoms with van der Waals surface area (Å²) in [7, 11) is 0. The second-order valence-corrected chi connectivity index (χ2v) is 4.36. The van der Waals surface area contributed by atoms with Crippen molar-refractivity contribution < 1.29 is 4.42 Å². The van der Waals surface area contributed by atoms with Gasteiger partial charge in [-0.1, -0.05) is 0 Å². The fraction of sp³-hybridized carbons (Fsp3) is 0.364. The first kappa shape index (κ1) is 10.4. The molecule has 15 heavy (non-hydrogen) atoms. The highest BCUT2D eigenvalue weighted by atomic mass is 32.1. The van der Waals surface area contributed by atoms with Crippen molar-refractivity contribution in [2.45, 2.75) is 19.9 Å². The van der Waals surface area contributed by atoms with Gasteiger partial charge in [-0.05, 0) is 19.4 Å². The number of furan rings is 1. The zero-order valence-corrected chi connectivity index (χ0v) is 9.51. The van der Waals surface area contributed by atoms with Crippen LogP contribution in [0.25, 0.3) is 0 Å². The van der Waals surface area contributed by atoms with Gasteiger partial charge in [0.05, 0.1) is 23.7 Å². The number of nitrogens with one attached hydrogen (secondary N) is 1. The second kappa shape index (κ2) is 5.09. The molecule has 0 aromatic carbocycles. The molecule has 3 nitrogen and oxygen atoms in total. The maximum atomic E-state index is 4.99. The number of nitrogens with zero attached hydrogens (tertiary/aromatic N) is 1. The van der Waals surface area contributed by atoms with Crippen molar-refractivity contribution >= 4 is 11.3 Å². The predicted molar refractivity (Wildman–Crippen MR) is 61.0 cm³/mol. The van der Waals surface area contributed by atoms with Gasteiger partial charge in [0.1, 0.15) is 0 Å². The van der Waals surface area contributed by atoms with Crippen molar-refractivity contribution in [2.24, 2.45) is 0 Å². The number of aryl methyl sites for hydroxylation is 1. The van der Waals surface area contributed by atoms with Gasteiger partial charge in [-0.3, -0.25) is 0 Å². The summed E-state index contributed by atoms with van der Waals surface area (Å²) in [6.45, 7) is 3.91. The number of hydrogen-bond acceptors (Lipinski definition) is 4. The Morgan fingerprint density at radius 3 is 3.13 bits per heavy atom. The van der Waals surface area contributed by atoms with Crippen LogP contribution in [0.1, 0.15) is 16.1 Å². The minimum Gasteiger partial charge on any atom is -0.472 e. The van der Waals surface area contributed by atoms with Crippen LogP contribution in [0.15, 0.2) is 28.5 Å². The van der Waals surface area contributed by atoms with E-state index < -0.39 is 0 Å². The third-order valence-electron chi connectivity index (χ3n) is 2.28. The Hall–Kier alpha value is -1.13. The lowest BCUT2D eigenvalue weighted by Crippen LogP contribution is -2.16. The Morgan fingerprint density at radius 1 is 1.53 bits per heavy atom. The lowest BCUT2D eigenvalue weighted by Gasteiger charge is -2.01. The number of rotatable bonds is 5. The van der Waals surface area contributed by atoms with Crippen LogP contribution in [0.2, 0.25) is 0 Å². The molecule has 0 saturated heterocycles. The maximum absolute atomic E-state index is 4.99. The van der Waals surface area contributed by atoms with Gasteiger partial charge in [-0.15, -0.1) is 11.3 Å². The highest BCUT2D eigenvalue weighted by Crippen LogP contribution is 2.11. The maximum Gasteiger partial charge on any atom is 0.0947 e. The third-order valence-corrected chi connectivity index (χ3v) is 3.28. The van der Waals surface area contributed by atoms with Gasteiger partial charge in [0.15, 0.2) is 0 Å². The van der Waals surface area contributed by atoms with E-state index in [0.29, 0.717) is 0 Å². The molecule has 2 aromatic heterocycles. The Bertz CT molecular complexity index is 394. The second-order valence-electron chi connectivity index (χ2n) is 3.42. The molecule has 1 N–H and O–H groups in total. The summed E-state index contributed by atoms with van der Waals surface area (Å²) < 4.78 is 4.99. The highest BCUT2D eigenvalue weighted by Gasteiger charge is 2.00. The minimum atomic E-state index is 0.869. The molecule has 2 heterocycles. The molecule has 0 amide bonds. The highest BCUT2D eigenvalue weighted by molar-refractivity contribution is 7.09. The van der Waals surface area contributed by atoms with Gasteiger partial charge in [-0.25, -0.2) is 4.98 Å². The fourth-order valence-corrected chi connectivity index (χ4v) is 2.18. The lowest BCUT2D eigenvalue weighted by molar-refractivity contribution is 0.560. The SMILES string of the molecule is Cc1ncsc1CCNCc1ccoc1. The first-order valence-corrected chi connectivity index (χ1v) is 5.85. The van der Waals surface area contributed by atoms with Crippen molar-refractivity contribution in [3.05, 3.63) is 40.2 Å². The van der Waals surface area contributed by atoms with Gasteiger partial charge < -0.3 is 9.73 Å². The molecule has 0 aliphatic carbocycles. The van der Waals surface area contributed by atoms with E-state index in [1.54, 1.807) is 23.9 Å². The van der Waals surface area contributed by atoms with Crippen molar-refractivity contribution in [2.75, 3.05) is 6.54 Å². The molecule has 0 atom stereocenters.